The van der Waals surface area contributed by atoms with E-state index in [0.29, 0.717) is 9.86 Å². The van der Waals surface area contributed by atoms with Crippen LogP contribution in [0.25, 0.3) is 10.2 Å². The molecule has 0 saturated heterocycles. The molecule has 3 aromatic rings. The fraction of sp³-hybridized carbons (Fsp3) is 0.316. The number of hydrogen-bond donors (Lipinski definition) is 1. The lowest BCUT2D eigenvalue weighted by Crippen LogP contribution is -2.24. The van der Waals surface area contributed by atoms with Crippen LogP contribution in [-0.2, 0) is 24.2 Å². The molecule has 0 aliphatic heterocycles. The first-order valence-corrected chi connectivity index (χ1v) is 10.4. The van der Waals surface area contributed by atoms with Crippen LogP contribution < -0.4 is 10.9 Å². The lowest BCUT2D eigenvalue weighted by Gasteiger charge is -2.11. The van der Waals surface area contributed by atoms with Crippen LogP contribution in [0.2, 0.25) is 0 Å². The van der Waals surface area contributed by atoms with Crippen LogP contribution in [0.5, 0.6) is 0 Å². The summed E-state index contributed by atoms with van der Waals surface area (Å²) in [6.07, 6.45) is 5.74. The topological polar surface area (TPSA) is 64.0 Å². The highest BCUT2D eigenvalue weighted by atomic mass is 79.9. The molecular formula is C19H17BrFN3O2S. The van der Waals surface area contributed by atoms with Crippen molar-refractivity contribution in [2.45, 2.75) is 38.6 Å². The van der Waals surface area contributed by atoms with Crippen molar-refractivity contribution >= 4 is 49.1 Å². The van der Waals surface area contributed by atoms with Crippen LogP contribution in [0.3, 0.4) is 0 Å². The van der Waals surface area contributed by atoms with E-state index in [-0.39, 0.29) is 30.1 Å². The number of halogens is 2. The van der Waals surface area contributed by atoms with Crippen molar-refractivity contribution < 1.29 is 9.18 Å². The quantitative estimate of drug-likeness (QED) is 0.646. The summed E-state index contributed by atoms with van der Waals surface area (Å²) < 4.78 is 15.9. The highest BCUT2D eigenvalue weighted by Gasteiger charge is 2.20. The maximum absolute atomic E-state index is 13.8. The van der Waals surface area contributed by atoms with Crippen LogP contribution in [0.4, 0.5) is 10.1 Å². The molecule has 0 radical (unpaired) electrons. The van der Waals surface area contributed by atoms with E-state index < -0.39 is 5.82 Å². The third-order valence-corrected chi connectivity index (χ3v) is 6.42. The molecule has 1 N–H and O–H groups in total. The van der Waals surface area contributed by atoms with Gasteiger partial charge in [-0.1, -0.05) is 15.9 Å². The molecule has 1 amide bonds. The number of carbonyl (C=O) groups is 1. The minimum Gasteiger partial charge on any atom is -0.324 e. The Balaban J connectivity index is 1.51. The zero-order valence-corrected chi connectivity index (χ0v) is 16.8. The minimum atomic E-state index is -0.511. The number of nitrogens with one attached hydrogen (secondary N) is 1. The minimum absolute atomic E-state index is 0.0644. The van der Waals surface area contributed by atoms with Crippen LogP contribution in [-0.4, -0.2) is 15.5 Å². The monoisotopic (exact) mass is 449 g/mol. The highest BCUT2D eigenvalue weighted by Crippen LogP contribution is 2.33. The summed E-state index contributed by atoms with van der Waals surface area (Å²) in [6.45, 7) is 0.205. The van der Waals surface area contributed by atoms with Gasteiger partial charge in [0.25, 0.3) is 5.56 Å². The molecule has 27 heavy (non-hydrogen) atoms. The second-order valence-electron chi connectivity index (χ2n) is 6.56. The second kappa shape index (κ2) is 7.52. The summed E-state index contributed by atoms with van der Waals surface area (Å²) in [5, 5.41) is 3.25. The highest BCUT2D eigenvalue weighted by molar-refractivity contribution is 9.10. The van der Waals surface area contributed by atoms with Crippen molar-refractivity contribution in [1.82, 2.24) is 9.55 Å². The number of benzene rings is 1. The first-order valence-electron chi connectivity index (χ1n) is 8.77. The van der Waals surface area contributed by atoms with Gasteiger partial charge in [0.1, 0.15) is 10.6 Å². The van der Waals surface area contributed by atoms with Gasteiger partial charge in [0.2, 0.25) is 5.91 Å². The van der Waals surface area contributed by atoms with Gasteiger partial charge in [0, 0.05) is 22.3 Å². The Kier molecular flexibility index (Phi) is 5.10. The van der Waals surface area contributed by atoms with Gasteiger partial charge in [-0.3, -0.25) is 14.2 Å². The molecule has 2 heterocycles. The molecule has 1 aliphatic carbocycles. The van der Waals surface area contributed by atoms with E-state index in [0.717, 1.165) is 36.1 Å². The molecule has 4 rings (SSSR count). The number of amides is 1. The third-order valence-electron chi connectivity index (χ3n) is 4.73. The fourth-order valence-electron chi connectivity index (χ4n) is 3.37. The number of nitrogens with zero attached hydrogens (tertiary/aromatic N) is 2. The van der Waals surface area contributed by atoms with E-state index in [1.54, 1.807) is 17.4 Å². The lowest BCUT2D eigenvalue weighted by molar-refractivity contribution is -0.116. The molecule has 2 aromatic heterocycles. The molecule has 0 atom stereocenters. The first kappa shape index (κ1) is 18.3. The molecule has 0 spiro atoms. The van der Waals surface area contributed by atoms with Crippen LogP contribution in [0.15, 0.2) is 33.8 Å². The number of anilines is 1. The molecule has 140 valence electrons. The Morgan fingerprint density at radius 2 is 2.15 bits per heavy atom. The summed E-state index contributed by atoms with van der Waals surface area (Å²) in [6, 6.07) is 4.44. The average molecular weight is 450 g/mol. The van der Waals surface area contributed by atoms with E-state index in [9.17, 15) is 14.0 Å². The number of aryl methyl sites for hydroxylation is 3. The van der Waals surface area contributed by atoms with Gasteiger partial charge in [0.05, 0.1) is 17.4 Å². The van der Waals surface area contributed by atoms with Crippen LogP contribution in [0.1, 0.15) is 29.7 Å². The number of hydrogen-bond acceptors (Lipinski definition) is 4. The molecule has 8 heteroatoms. The maximum Gasteiger partial charge on any atom is 0.262 e. The number of fused-ring (bicyclic) bond motifs is 3. The predicted octanol–water partition coefficient (Wildman–Crippen LogP) is 4.27. The normalized spacial score (nSPS) is 13.6. The zero-order valence-electron chi connectivity index (χ0n) is 14.4. The van der Waals surface area contributed by atoms with Gasteiger partial charge in [-0.25, -0.2) is 9.37 Å². The molecule has 0 bridgehead atoms. The van der Waals surface area contributed by atoms with Crippen molar-refractivity contribution in [1.29, 1.82) is 0 Å². The van der Waals surface area contributed by atoms with Crippen molar-refractivity contribution in [2.24, 2.45) is 0 Å². The van der Waals surface area contributed by atoms with E-state index in [1.165, 1.54) is 27.9 Å². The third kappa shape index (κ3) is 3.68. The smallest absolute Gasteiger partial charge is 0.262 e. The van der Waals surface area contributed by atoms with Gasteiger partial charge in [0.15, 0.2) is 0 Å². The molecule has 1 aromatic carbocycles. The Morgan fingerprint density at radius 3 is 2.96 bits per heavy atom. The summed E-state index contributed by atoms with van der Waals surface area (Å²) in [4.78, 5) is 31.5. The first-order chi connectivity index (χ1) is 13.0. The average Bonchev–Trinajstić information content (AvgIpc) is 3.03. The van der Waals surface area contributed by atoms with Gasteiger partial charge < -0.3 is 5.32 Å². The van der Waals surface area contributed by atoms with Crippen molar-refractivity contribution in [2.75, 3.05) is 5.32 Å². The fourth-order valence-corrected chi connectivity index (χ4v) is 4.92. The molecule has 0 fully saturated rings. The van der Waals surface area contributed by atoms with Gasteiger partial charge in [-0.15, -0.1) is 11.3 Å². The molecule has 0 unspecified atom stereocenters. The van der Waals surface area contributed by atoms with Gasteiger partial charge in [-0.05, 0) is 49.4 Å². The van der Waals surface area contributed by atoms with Gasteiger partial charge >= 0.3 is 0 Å². The van der Waals surface area contributed by atoms with Gasteiger partial charge in [-0.2, -0.15) is 0 Å². The Morgan fingerprint density at radius 1 is 1.33 bits per heavy atom. The Labute approximate surface area is 167 Å². The number of carbonyl (C=O) groups excluding carboxylic acids is 1. The van der Waals surface area contributed by atoms with Crippen LogP contribution >= 0.6 is 27.3 Å². The summed E-state index contributed by atoms with van der Waals surface area (Å²) in [7, 11) is 0. The maximum atomic E-state index is 13.8. The SMILES string of the molecule is O=C(CCn1cnc2sc3c(c2c1=O)CCCC3)Nc1ccc(Br)cc1F. The standard InChI is InChI=1S/C19H17BrFN3O2S/c20-11-5-6-14(13(21)9-11)23-16(25)7-8-24-10-22-18-17(19(24)26)12-3-1-2-4-15(12)27-18/h5-6,9-10H,1-4,7-8H2,(H,23,25). The Bertz CT molecular complexity index is 1090. The molecule has 5 nitrogen and oxygen atoms in total. The zero-order chi connectivity index (χ0) is 19.0. The van der Waals surface area contributed by atoms with Crippen molar-refractivity contribution in [3.8, 4) is 0 Å². The number of aromatic nitrogens is 2. The summed E-state index contributed by atoms with van der Waals surface area (Å²) >= 11 is 4.78. The number of thiophene rings is 1. The van der Waals surface area contributed by atoms with E-state index >= 15 is 0 Å². The lowest BCUT2D eigenvalue weighted by atomic mass is 9.97. The summed E-state index contributed by atoms with van der Waals surface area (Å²) in [5.41, 5.74) is 1.16. The Hall–Kier alpha value is -2.06. The molecule has 0 saturated carbocycles. The van der Waals surface area contributed by atoms with E-state index in [1.807, 2.05) is 0 Å². The van der Waals surface area contributed by atoms with Crippen molar-refractivity contribution in [3.63, 3.8) is 0 Å². The molecular weight excluding hydrogens is 433 g/mol. The van der Waals surface area contributed by atoms with Crippen molar-refractivity contribution in [3.05, 3.63) is 55.6 Å². The molecule has 1 aliphatic rings. The summed E-state index contributed by atoms with van der Waals surface area (Å²) in [5.74, 6) is -0.863. The largest absolute Gasteiger partial charge is 0.324 e. The van der Waals surface area contributed by atoms with E-state index in [4.69, 9.17) is 0 Å². The van der Waals surface area contributed by atoms with E-state index in [2.05, 4.69) is 26.2 Å². The number of rotatable bonds is 4. The van der Waals surface area contributed by atoms with Crippen LogP contribution in [0, 0.1) is 5.82 Å². The predicted molar refractivity (Wildman–Crippen MR) is 108 cm³/mol. The second-order valence-corrected chi connectivity index (χ2v) is 8.56.